The van der Waals surface area contributed by atoms with Gasteiger partial charge in [-0.3, -0.25) is 24.1 Å². The number of hydrogen-bond donors (Lipinski definition) is 4. The molecule has 4 N–H and O–H groups in total. The zero-order chi connectivity index (χ0) is 39.8. The van der Waals surface area contributed by atoms with E-state index in [1.54, 1.807) is 0 Å². The van der Waals surface area contributed by atoms with Crippen LogP contribution in [0.3, 0.4) is 0 Å². The van der Waals surface area contributed by atoms with Gasteiger partial charge in [-0.25, -0.2) is 0 Å². The van der Waals surface area contributed by atoms with Crippen LogP contribution in [-0.4, -0.2) is 85.6 Å². The van der Waals surface area contributed by atoms with E-state index < -0.39 is 24.4 Å². The molecule has 0 aromatic carbocycles. The number of azide groups is 1. The molecule has 5 fully saturated rings. The van der Waals surface area contributed by atoms with Gasteiger partial charge in [0.1, 0.15) is 17.2 Å². The van der Waals surface area contributed by atoms with Crippen molar-refractivity contribution >= 4 is 35.1 Å². The van der Waals surface area contributed by atoms with Crippen LogP contribution in [0.5, 0.6) is 0 Å². The van der Waals surface area contributed by atoms with E-state index in [1.807, 2.05) is 6.92 Å². The minimum Gasteiger partial charge on any atom is -0.393 e. The van der Waals surface area contributed by atoms with Crippen LogP contribution in [0.1, 0.15) is 118 Å². The Morgan fingerprint density at radius 1 is 1.05 bits per heavy atom. The molecule has 55 heavy (non-hydrogen) atoms. The Morgan fingerprint density at radius 2 is 1.78 bits per heavy atom. The molecular weight excluding hydrogens is 719 g/mol. The summed E-state index contributed by atoms with van der Waals surface area (Å²) in [5.41, 5.74) is 9.51. The topological polar surface area (TPSA) is 193 Å². The van der Waals surface area contributed by atoms with Crippen LogP contribution in [0, 0.1) is 64.6 Å². The SMILES string of the molecule is C#CCC(CC(=O)CCCN=[N+]=[N-])CC(=O)C1=C(C)CSC2C(NC(=O)CC[C@@H](C)[C@H]3CC[C@H]4[C@@H]5C(O)C(O)[C@@H]6C[C@H](O)CC[C@]6(C)[C@H]5CC[C@]34C)C(=O)N12. The van der Waals surface area contributed by atoms with Gasteiger partial charge < -0.3 is 20.6 Å². The Kier molecular flexibility index (Phi) is 12.8. The molecule has 6 aliphatic rings. The van der Waals surface area contributed by atoms with Crippen molar-refractivity contribution in [3.63, 3.8) is 0 Å². The summed E-state index contributed by atoms with van der Waals surface area (Å²) in [4.78, 5) is 57.4. The van der Waals surface area contributed by atoms with E-state index >= 15 is 0 Å². The third-order valence-electron chi connectivity index (χ3n) is 15.2. The van der Waals surface area contributed by atoms with E-state index in [4.69, 9.17) is 12.0 Å². The first kappa shape index (κ1) is 41.7. The predicted molar refractivity (Wildman–Crippen MR) is 210 cm³/mol. The van der Waals surface area contributed by atoms with E-state index in [0.29, 0.717) is 54.9 Å². The molecule has 4 aliphatic carbocycles. The minimum atomic E-state index is -0.820. The molecule has 6 rings (SSSR count). The number of amides is 2. The van der Waals surface area contributed by atoms with Crippen molar-refractivity contribution in [3.8, 4) is 12.3 Å². The summed E-state index contributed by atoms with van der Waals surface area (Å²) in [5.74, 6) is 3.24. The highest BCUT2D eigenvalue weighted by Gasteiger charge is 2.65. The number of aliphatic hydroxyl groups is 3. The lowest BCUT2D eigenvalue weighted by Crippen LogP contribution is -2.70. The molecule has 0 aromatic rings. The Morgan fingerprint density at radius 3 is 2.51 bits per heavy atom. The molecule has 2 amide bonds. The fourth-order valence-corrected chi connectivity index (χ4v) is 13.7. The summed E-state index contributed by atoms with van der Waals surface area (Å²) in [6.07, 6.45) is 11.9. The van der Waals surface area contributed by atoms with Crippen LogP contribution in [0.25, 0.3) is 10.4 Å². The lowest BCUT2D eigenvalue weighted by atomic mass is 9.43. The molecule has 0 aromatic heterocycles. The van der Waals surface area contributed by atoms with Crippen LogP contribution in [0.2, 0.25) is 0 Å². The summed E-state index contributed by atoms with van der Waals surface area (Å²) in [6.45, 7) is 8.96. The lowest BCUT2D eigenvalue weighted by molar-refractivity contribution is -0.223. The normalized spacial score (nSPS) is 38.9. The predicted octanol–water partition coefficient (Wildman–Crippen LogP) is 5.69. The monoisotopic (exact) mass is 779 g/mol. The number of rotatable bonds is 15. The van der Waals surface area contributed by atoms with Crippen LogP contribution < -0.4 is 5.32 Å². The number of terminal acetylenes is 1. The van der Waals surface area contributed by atoms with Gasteiger partial charge in [-0.05, 0) is 128 Å². The second-order valence-electron chi connectivity index (χ2n) is 18.3. The zero-order valence-corrected chi connectivity index (χ0v) is 33.8. The Balaban J connectivity index is 1.02. The second kappa shape index (κ2) is 16.9. The van der Waals surface area contributed by atoms with Gasteiger partial charge in [0.2, 0.25) is 5.91 Å². The largest absolute Gasteiger partial charge is 0.393 e. The van der Waals surface area contributed by atoms with Gasteiger partial charge >= 0.3 is 0 Å². The number of carbonyl (C=O) groups excluding carboxylic acids is 4. The van der Waals surface area contributed by atoms with Gasteiger partial charge in [0.05, 0.1) is 24.0 Å². The number of aliphatic hydroxyl groups excluding tert-OH is 3. The number of fused-ring (bicyclic) bond motifs is 6. The molecular formula is C42H61N5O7S. The van der Waals surface area contributed by atoms with E-state index in [0.717, 1.165) is 44.1 Å². The van der Waals surface area contributed by atoms with E-state index in [-0.39, 0.29) is 95.5 Å². The molecule has 2 heterocycles. The highest BCUT2D eigenvalue weighted by molar-refractivity contribution is 8.00. The number of carbonyl (C=O) groups is 4. The van der Waals surface area contributed by atoms with Crippen molar-refractivity contribution in [2.24, 2.45) is 57.4 Å². The number of allylic oxidation sites excluding steroid dienone is 1. The first-order chi connectivity index (χ1) is 26.2. The van der Waals surface area contributed by atoms with Gasteiger partial charge in [-0.2, -0.15) is 0 Å². The maximum atomic E-state index is 13.7. The average molecular weight is 780 g/mol. The standard InChI is InChI=1S/C42H61N5O7S/c1-6-8-25(19-26(48)9-7-18-44-46-43)20-32(50)36-24(3)22-55-40-35(39(54)47(36)40)45-33(51)13-10-23(2)28-11-12-29-34-30(15-17-41(28,29)4)42(5)16-14-27(49)21-31(42)37(52)38(34)53/h1,23,25,27-31,34-35,37-38,40,49,52-53H,7-22H2,2-5H3,(H,45,51)/t23-,25?,27-,28-,29+,30+,31+,34+,35?,37?,38?,40?,41-,42-/m1/s1. The smallest absolute Gasteiger partial charge is 0.253 e. The fraction of sp³-hybridized carbons (Fsp3) is 0.810. The summed E-state index contributed by atoms with van der Waals surface area (Å²) in [6, 6.07) is -0.711. The van der Waals surface area contributed by atoms with Crippen molar-refractivity contribution in [1.82, 2.24) is 10.2 Å². The van der Waals surface area contributed by atoms with Gasteiger partial charge in [-0.15, -0.1) is 24.1 Å². The number of hydrogen-bond acceptors (Lipinski definition) is 9. The van der Waals surface area contributed by atoms with Crippen molar-refractivity contribution < 1.29 is 34.5 Å². The van der Waals surface area contributed by atoms with Gasteiger partial charge in [0, 0.05) is 49.3 Å². The molecule has 1 saturated heterocycles. The summed E-state index contributed by atoms with van der Waals surface area (Å²) in [5, 5.41) is 39.5. The summed E-state index contributed by atoms with van der Waals surface area (Å²) in [7, 11) is 0. The molecule has 302 valence electrons. The van der Waals surface area contributed by atoms with Crippen molar-refractivity contribution in [3.05, 3.63) is 21.7 Å². The summed E-state index contributed by atoms with van der Waals surface area (Å²) >= 11 is 1.53. The number of nitrogens with zero attached hydrogens (tertiary/aromatic N) is 4. The number of ketones is 2. The Bertz CT molecular complexity index is 1640. The van der Waals surface area contributed by atoms with Crippen LogP contribution in [0.15, 0.2) is 16.4 Å². The van der Waals surface area contributed by atoms with Crippen LogP contribution in [0.4, 0.5) is 0 Å². The number of thioether (sulfide) groups is 1. The Labute approximate surface area is 330 Å². The molecule has 4 saturated carbocycles. The van der Waals surface area contributed by atoms with Crippen molar-refractivity contribution in [2.75, 3.05) is 12.3 Å². The third kappa shape index (κ3) is 7.88. The van der Waals surface area contributed by atoms with E-state index in [9.17, 15) is 34.5 Å². The molecule has 0 radical (unpaired) electrons. The van der Waals surface area contributed by atoms with E-state index in [2.05, 4.69) is 42.0 Å². The molecule has 0 spiro atoms. The first-order valence-corrected chi connectivity index (χ1v) is 21.7. The second-order valence-corrected chi connectivity index (χ2v) is 19.4. The van der Waals surface area contributed by atoms with Crippen LogP contribution >= 0.6 is 11.8 Å². The maximum Gasteiger partial charge on any atom is 0.253 e. The first-order valence-electron chi connectivity index (χ1n) is 20.6. The molecule has 0 bridgehead atoms. The number of Topliss-reactive ketones (excluding diaryl/α,β-unsaturated/α-hetero) is 2. The lowest BCUT2D eigenvalue weighted by Gasteiger charge is -2.63. The summed E-state index contributed by atoms with van der Waals surface area (Å²) < 4.78 is 0. The maximum absolute atomic E-state index is 13.7. The molecule has 5 unspecified atom stereocenters. The number of nitrogens with one attached hydrogen (secondary N) is 1. The number of β-lactam (4-membered cyclic amide) rings is 1. The van der Waals surface area contributed by atoms with E-state index in [1.165, 1.54) is 16.7 Å². The van der Waals surface area contributed by atoms with Crippen molar-refractivity contribution in [2.45, 2.75) is 147 Å². The molecule has 13 heteroatoms. The highest BCUT2D eigenvalue weighted by Crippen LogP contribution is 2.68. The molecule has 2 aliphatic heterocycles. The molecule has 12 nitrogen and oxygen atoms in total. The molecule has 14 atom stereocenters. The van der Waals surface area contributed by atoms with Crippen LogP contribution in [-0.2, 0) is 19.2 Å². The average Bonchev–Trinajstić information content (AvgIpc) is 3.51. The van der Waals surface area contributed by atoms with Gasteiger partial charge in [0.25, 0.3) is 5.91 Å². The highest BCUT2D eigenvalue weighted by atomic mass is 32.2. The zero-order valence-electron chi connectivity index (χ0n) is 33.0. The minimum absolute atomic E-state index is 0.00501. The fourth-order valence-electron chi connectivity index (χ4n) is 12.4. The Hall–Kier alpha value is -2.88. The third-order valence-corrected chi connectivity index (χ3v) is 16.7. The van der Waals surface area contributed by atoms with Gasteiger partial charge in [0.15, 0.2) is 5.78 Å². The van der Waals surface area contributed by atoms with Crippen molar-refractivity contribution in [1.29, 1.82) is 0 Å². The quantitative estimate of drug-likeness (QED) is 0.0407. The van der Waals surface area contributed by atoms with Gasteiger partial charge in [-0.1, -0.05) is 25.9 Å².